The van der Waals surface area contributed by atoms with E-state index in [2.05, 4.69) is 24.0 Å². The third-order valence-electron chi connectivity index (χ3n) is 4.19. The molecular weight excluding hydrogens is 248 g/mol. The highest BCUT2D eigenvalue weighted by molar-refractivity contribution is 6.30. The van der Waals surface area contributed by atoms with E-state index in [-0.39, 0.29) is 11.6 Å². The summed E-state index contributed by atoms with van der Waals surface area (Å²) in [5.74, 6) is 0.486. The van der Waals surface area contributed by atoms with Gasteiger partial charge in [0.15, 0.2) is 0 Å². The van der Waals surface area contributed by atoms with Crippen LogP contribution in [0.3, 0.4) is 0 Å². The van der Waals surface area contributed by atoms with Gasteiger partial charge in [0.1, 0.15) is 5.82 Å². The number of halogens is 1. The minimum absolute atomic E-state index is 0.0273. The van der Waals surface area contributed by atoms with Crippen molar-refractivity contribution in [2.24, 2.45) is 5.73 Å². The van der Waals surface area contributed by atoms with E-state index >= 15 is 0 Å². The first kappa shape index (κ1) is 13.6. The van der Waals surface area contributed by atoms with E-state index in [1.54, 1.807) is 6.20 Å². The maximum atomic E-state index is 6.49. The Morgan fingerprint density at radius 1 is 1.39 bits per heavy atom. The first-order chi connectivity index (χ1) is 8.47. The fourth-order valence-corrected chi connectivity index (χ4v) is 3.19. The Morgan fingerprint density at radius 2 is 2.00 bits per heavy atom. The summed E-state index contributed by atoms with van der Waals surface area (Å²) in [4.78, 5) is 6.34. The van der Waals surface area contributed by atoms with Gasteiger partial charge < -0.3 is 16.4 Å². The lowest BCUT2D eigenvalue weighted by Crippen LogP contribution is -2.50. The number of nitrogens with zero attached hydrogens (tertiary/aromatic N) is 2. The molecule has 4 N–H and O–H groups in total. The molecule has 1 aromatic heterocycles. The van der Waals surface area contributed by atoms with Crippen LogP contribution in [0.4, 0.5) is 5.82 Å². The fraction of sp³-hybridized carbons (Fsp3) is 0.615. The van der Waals surface area contributed by atoms with E-state index in [9.17, 15) is 0 Å². The zero-order valence-corrected chi connectivity index (χ0v) is 11.7. The van der Waals surface area contributed by atoms with Crippen LogP contribution in [-0.4, -0.2) is 29.5 Å². The van der Waals surface area contributed by atoms with Gasteiger partial charge in [-0.05, 0) is 33.0 Å². The van der Waals surface area contributed by atoms with Crippen molar-refractivity contribution in [1.82, 2.24) is 9.88 Å². The maximum Gasteiger partial charge on any atom is 0.128 e. The number of nitrogen functional groups attached to an aromatic ring is 1. The molecule has 1 unspecified atom stereocenters. The Balaban J connectivity index is 2.39. The zero-order valence-electron chi connectivity index (χ0n) is 11.0. The predicted octanol–water partition coefficient (Wildman–Crippen LogP) is 2.19. The number of anilines is 1. The summed E-state index contributed by atoms with van der Waals surface area (Å²) in [6.07, 6.45) is 6.16. The van der Waals surface area contributed by atoms with Gasteiger partial charge in [0, 0.05) is 17.3 Å². The maximum absolute atomic E-state index is 6.49. The Hall–Kier alpha value is -0.840. The Kier molecular flexibility index (Phi) is 3.80. The molecule has 18 heavy (non-hydrogen) atoms. The first-order valence-corrected chi connectivity index (χ1v) is 6.69. The molecule has 1 saturated carbocycles. The number of aromatic nitrogens is 1. The number of hydrogen-bond donors (Lipinski definition) is 2. The molecule has 0 radical (unpaired) electrons. The van der Waals surface area contributed by atoms with Crippen molar-refractivity contribution in [3.05, 3.63) is 22.8 Å². The minimum atomic E-state index is -0.152. The summed E-state index contributed by atoms with van der Waals surface area (Å²) in [6.45, 7) is 0. The molecule has 1 aromatic rings. The molecule has 1 atom stereocenters. The average Bonchev–Trinajstić information content (AvgIpc) is 2.82. The van der Waals surface area contributed by atoms with Crippen molar-refractivity contribution in [3.63, 3.8) is 0 Å². The SMILES string of the molecule is CN(C)C1(C(N)c2cc(Cl)cnc2N)CCCC1. The summed E-state index contributed by atoms with van der Waals surface area (Å²) in [5, 5.41) is 0.585. The average molecular weight is 269 g/mol. The predicted molar refractivity (Wildman–Crippen MR) is 75.5 cm³/mol. The van der Waals surface area contributed by atoms with Crippen LogP contribution in [0.2, 0.25) is 5.02 Å². The van der Waals surface area contributed by atoms with Crippen LogP contribution in [0.15, 0.2) is 12.3 Å². The van der Waals surface area contributed by atoms with E-state index in [1.165, 1.54) is 12.8 Å². The highest BCUT2D eigenvalue weighted by Crippen LogP contribution is 2.43. The van der Waals surface area contributed by atoms with Crippen LogP contribution in [0.25, 0.3) is 0 Å². The van der Waals surface area contributed by atoms with Gasteiger partial charge in [0.25, 0.3) is 0 Å². The van der Waals surface area contributed by atoms with Gasteiger partial charge >= 0.3 is 0 Å². The quantitative estimate of drug-likeness (QED) is 0.882. The van der Waals surface area contributed by atoms with Crippen molar-refractivity contribution in [2.75, 3.05) is 19.8 Å². The standard InChI is InChI=1S/C13H21ClN4/c1-18(2)13(5-3-4-6-13)11(15)10-7-9(14)8-17-12(10)16/h7-8,11H,3-6,15H2,1-2H3,(H2,16,17). The molecule has 1 aliphatic carbocycles. The lowest BCUT2D eigenvalue weighted by Gasteiger charge is -2.41. The van der Waals surface area contributed by atoms with Crippen LogP contribution >= 0.6 is 11.6 Å². The van der Waals surface area contributed by atoms with Gasteiger partial charge in [-0.1, -0.05) is 24.4 Å². The van der Waals surface area contributed by atoms with Crippen LogP contribution in [-0.2, 0) is 0 Å². The zero-order chi connectivity index (χ0) is 13.3. The van der Waals surface area contributed by atoms with Gasteiger partial charge in [0.2, 0.25) is 0 Å². The Morgan fingerprint density at radius 3 is 2.56 bits per heavy atom. The third-order valence-corrected chi connectivity index (χ3v) is 4.40. The summed E-state index contributed by atoms with van der Waals surface area (Å²) in [7, 11) is 4.17. The lowest BCUT2D eigenvalue weighted by atomic mass is 9.83. The van der Waals surface area contributed by atoms with Gasteiger partial charge in [-0.25, -0.2) is 4.98 Å². The number of rotatable bonds is 3. The molecule has 0 aliphatic heterocycles. The molecular formula is C13H21ClN4. The molecule has 1 aliphatic rings. The van der Waals surface area contributed by atoms with E-state index in [0.717, 1.165) is 18.4 Å². The van der Waals surface area contributed by atoms with Gasteiger partial charge in [-0.3, -0.25) is 0 Å². The van der Waals surface area contributed by atoms with E-state index in [1.807, 2.05) is 6.07 Å². The molecule has 0 aromatic carbocycles. The second-order valence-corrected chi connectivity index (χ2v) is 5.75. The number of likely N-dealkylation sites (N-methyl/N-ethyl adjacent to an activating group) is 1. The number of hydrogen-bond acceptors (Lipinski definition) is 4. The molecule has 1 heterocycles. The Labute approximate surface area is 113 Å². The molecule has 2 rings (SSSR count). The molecule has 4 nitrogen and oxygen atoms in total. The molecule has 0 spiro atoms. The Bertz CT molecular complexity index is 427. The summed E-state index contributed by atoms with van der Waals surface area (Å²) in [6, 6.07) is 1.69. The number of pyridine rings is 1. The van der Waals surface area contributed by atoms with Crippen molar-refractivity contribution in [3.8, 4) is 0 Å². The van der Waals surface area contributed by atoms with Crippen LogP contribution < -0.4 is 11.5 Å². The van der Waals surface area contributed by atoms with Crippen LogP contribution in [0.5, 0.6) is 0 Å². The molecule has 5 heteroatoms. The topological polar surface area (TPSA) is 68.2 Å². The van der Waals surface area contributed by atoms with Gasteiger partial charge in [-0.15, -0.1) is 0 Å². The van der Waals surface area contributed by atoms with Gasteiger partial charge in [0.05, 0.1) is 11.1 Å². The number of nitrogens with two attached hydrogens (primary N) is 2. The normalized spacial score (nSPS) is 20.3. The first-order valence-electron chi connectivity index (χ1n) is 6.31. The molecule has 1 fully saturated rings. The minimum Gasteiger partial charge on any atom is -0.383 e. The van der Waals surface area contributed by atoms with Crippen LogP contribution in [0, 0.1) is 0 Å². The highest BCUT2D eigenvalue weighted by Gasteiger charge is 2.42. The van der Waals surface area contributed by atoms with Crippen molar-refractivity contribution in [1.29, 1.82) is 0 Å². The van der Waals surface area contributed by atoms with Crippen molar-refractivity contribution in [2.45, 2.75) is 37.3 Å². The second kappa shape index (κ2) is 5.03. The summed E-state index contributed by atoms with van der Waals surface area (Å²) in [5.41, 5.74) is 13.3. The summed E-state index contributed by atoms with van der Waals surface area (Å²) < 4.78 is 0. The molecule has 100 valence electrons. The molecule has 0 bridgehead atoms. The monoisotopic (exact) mass is 268 g/mol. The van der Waals surface area contributed by atoms with Crippen molar-refractivity contribution < 1.29 is 0 Å². The van der Waals surface area contributed by atoms with Gasteiger partial charge in [-0.2, -0.15) is 0 Å². The van der Waals surface area contributed by atoms with E-state index in [4.69, 9.17) is 23.1 Å². The molecule has 0 saturated heterocycles. The fourth-order valence-electron chi connectivity index (χ4n) is 3.03. The van der Waals surface area contributed by atoms with Crippen molar-refractivity contribution >= 4 is 17.4 Å². The van der Waals surface area contributed by atoms with Crippen LogP contribution in [0.1, 0.15) is 37.3 Å². The van der Waals surface area contributed by atoms with E-state index < -0.39 is 0 Å². The third kappa shape index (κ3) is 2.20. The summed E-state index contributed by atoms with van der Waals surface area (Å²) >= 11 is 6.01. The second-order valence-electron chi connectivity index (χ2n) is 5.31. The largest absolute Gasteiger partial charge is 0.383 e. The highest BCUT2D eigenvalue weighted by atomic mass is 35.5. The smallest absolute Gasteiger partial charge is 0.128 e. The lowest BCUT2D eigenvalue weighted by molar-refractivity contribution is 0.123. The molecule has 0 amide bonds. The van der Waals surface area contributed by atoms with E-state index in [0.29, 0.717) is 10.8 Å².